The highest BCUT2D eigenvalue weighted by atomic mass is 32.1. The standard InChI is InChI=1S/C24H22N6O2S/c1-14(17-10-31-11-17)32-21-6-15(16-8-28-30(2)9-16)5-20-23(21)24(26-12-25-20)29-18-3-4-19-22(7-18)33-13-27-19/h3-9,12-14,17H,10-11H2,1-2H3,(H,25,26,29)/t14-/m1/s1. The molecule has 0 aliphatic carbocycles. The van der Waals surface area contributed by atoms with Gasteiger partial charge < -0.3 is 14.8 Å². The number of aryl methyl sites for hydroxylation is 1. The molecule has 8 nitrogen and oxygen atoms in total. The number of ether oxygens (including phenoxy) is 2. The van der Waals surface area contributed by atoms with Crippen LogP contribution in [0.5, 0.6) is 5.75 Å². The Morgan fingerprint density at radius 2 is 2.03 bits per heavy atom. The maximum atomic E-state index is 6.50. The first-order valence-corrected chi connectivity index (χ1v) is 11.6. The fourth-order valence-electron chi connectivity index (χ4n) is 3.97. The quantitative estimate of drug-likeness (QED) is 0.391. The molecule has 9 heteroatoms. The second-order valence-corrected chi connectivity index (χ2v) is 9.16. The number of aromatic nitrogens is 5. The van der Waals surface area contributed by atoms with Gasteiger partial charge in [0.2, 0.25) is 0 Å². The molecule has 1 aliphatic heterocycles. The number of hydrogen-bond acceptors (Lipinski definition) is 8. The molecular formula is C24H22N6O2S. The molecule has 4 heterocycles. The van der Waals surface area contributed by atoms with Gasteiger partial charge in [0.05, 0.1) is 46.0 Å². The van der Waals surface area contributed by atoms with Crippen LogP contribution in [0.1, 0.15) is 6.92 Å². The minimum absolute atomic E-state index is 0.00713. The third-order valence-electron chi connectivity index (χ3n) is 5.97. The van der Waals surface area contributed by atoms with Crippen molar-refractivity contribution in [1.29, 1.82) is 0 Å². The first-order chi connectivity index (χ1) is 16.1. The molecular weight excluding hydrogens is 436 g/mol. The number of hydrogen-bond donors (Lipinski definition) is 1. The molecule has 3 aromatic heterocycles. The highest BCUT2D eigenvalue weighted by molar-refractivity contribution is 7.16. The zero-order valence-electron chi connectivity index (χ0n) is 18.2. The van der Waals surface area contributed by atoms with Crippen molar-refractivity contribution >= 4 is 44.0 Å². The van der Waals surface area contributed by atoms with E-state index in [4.69, 9.17) is 9.47 Å². The minimum Gasteiger partial charge on any atom is -0.489 e. The van der Waals surface area contributed by atoms with E-state index in [1.807, 2.05) is 37.1 Å². The molecule has 6 rings (SSSR count). The molecule has 0 unspecified atom stereocenters. The topological polar surface area (TPSA) is 87.0 Å². The van der Waals surface area contributed by atoms with E-state index >= 15 is 0 Å². The van der Waals surface area contributed by atoms with Crippen LogP contribution in [-0.2, 0) is 11.8 Å². The van der Waals surface area contributed by atoms with Crippen LogP contribution in [-0.4, -0.2) is 44.1 Å². The number of fused-ring (bicyclic) bond motifs is 2. The average molecular weight is 459 g/mol. The fourth-order valence-corrected chi connectivity index (χ4v) is 4.69. The van der Waals surface area contributed by atoms with E-state index in [0.29, 0.717) is 11.7 Å². The molecule has 166 valence electrons. The third kappa shape index (κ3) is 3.79. The Bertz CT molecular complexity index is 1460. The molecule has 1 saturated heterocycles. The van der Waals surface area contributed by atoms with Gasteiger partial charge in [0.15, 0.2) is 0 Å². The summed E-state index contributed by atoms with van der Waals surface area (Å²) < 4.78 is 14.8. The summed E-state index contributed by atoms with van der Waals surface area (Å²) in [6.45, 7) is 3.53. The fraction of sp³-hybridized carbons (Fsp3) is 0.250. The van der Waals surface area contributed by atoms with Crippen LogP contribution in [0.4, 0.5) is 11.5 Å². The van der Waals surface area contributed by atoms with Crippen LogP contribution in [0.2, 0.25) is 0 Å². The van der Waals surface area contributed by atoms with Crippen molar-refractivity contribution in [3.8, 4) is 16.9 Å². The van der Waals surface area contributed by atoms with E-state index in [1.54, 1.807) is 22.3 Å². The van der Waals surface area contributed by atoms with Crippen molar-refractivity contribution in [2.24, 2.45) is 13.0 Å². The van der Waals surface area contributed by atoms with Crippen molar-refractivity contribution in [1.82, 2.24) is 24.7 Å². The lowest BCUT2D eigenvalue weighted by atomic mass is 10.0. The van der Waals surface area contributed by atoms with E-state index in [0.717, 1.165) is 56.9 Å². The maximum Gasteiger partial charge on any atom is 0.145 e. The second-order valence-electron chi connectivity index (χ2n) is 8.27. The summed E-state index contributed by atoms with van der Waals surface area (Å²) in [7, 11) is 1.91. The largest absolute Gasteiger partial charge is 0.489 e. The van der Waals surface area contributed by atoms with Crippen LogP contribution in [0.25, 0.3) is 32.2 Å². The van der Waals surface area contributed by atoms with Gasteiger partial charge in [-0.15, -0.1) is 11.3 Å². The lowest BCUT2D eigenvalue weighted by molar-refractivity contribution is -0.0773. The summed E-state index contributed by atoms with van der Waals surface area (Å²) in [4.78, 5) is 13.5. The zero-order chi connectivity index (χ0) is 22.4. The van der Waals surface area contributed by atoms with Crippen LogP contribution >= 0.6 is 11.3 Å². The van der Waals surface area contributed by atoms with Crippen LogP contribution in [0.15, 0.2) is 54.6 Å². The number of benzene rings is 2. The second kappa shape index (κ2) is 8.09. The van der Waals surface area contributed by atoms with E-state index in [-0.39, 0.29) is 6.10 Å². The molecule has 2 aromatic carbocycles. The van der Waals surface area contributed by atoms with Crippen LogP contribution < -0.4 is 10.1 Å². The molecule has 1 fully saturated rings. The molecule has 0 saturated carbocycles. The van der Waals surface area contributed by atoms with Crippen molar-refractivity contribution < 1.29 is 9.47 Å². The monoisotopic (exact) mass is 458 g/mol. The van der Waals surface area contributed by atoms with E-state index in [9.17, 15) is 0 Å². The number of thiazole rings is 1. The Morgan fingerprint density at radius 3 is 2.82 bits per heavy atom. The van der Waals surface area contributed by atoms with Gasteiger partial charge in [0.25, 0.3) is 0 Å². The van der Waals surface area contributed by atoms with Gasteiger partial charge in [-0.1, -0.05) is 0 Å². The van der Waals surface area contributed by atoms with Crippen LogP contribution in [0.3, 0.4) is 0 Å². The molecule has 0 bridgehead atoms. The van der Waals surface area contributed by atoms with Gasteiger partial charge in [-0.2, -0.15) is 5.10 Å². The molecule has 0 radical (unpaired) electrons. The van der Waals surface area contributed by atoms with Crippen molar-refractivity contribution in [3.05, 3.63) is 54.6 Å². The van der Waals surface area contributed by atoms with E-state index < -0.39 is 0 Å². The summed E-state index contributed by atoms with van der Waals surface area (Å²) in [5.74, 6) is 1.82. The SMILES string of the molecule is C[C@@H](Oc1cc(-c2cnn(C)c2)cc2ncnc(Nc3ccc4ncsc4c3)c12)C1COC1. The Morgan fingerprint density at radius 1 is 1.12 bits per heavy atom. The number of anilines is 2. The van der Waals surface area contributed by atoms with Gasteiger partial charge in [0.1, 0.15) is 24.0 Å². The van der Waals surface area contributed by atoms with E-state index in [1.165, 1.54) is 0 Å². The maximum absolute atomic E-state index is 6.50. The van der Waals surface area contributed by atoms with Crippen molar-refractivity contribution in [2.75, 3.05) is 18.5 Å². The van der Waals surface area contributed by atoms with Gasteiger partial charge in [-0.05, 0) is 42.8 Å². The molecule has 1 aliphatic rings. The summed E-state index contributed by atoms with van der Waals surface area (Å²) in [5.41, 5.74) is 6.59. The molecule has 0 amide bonds. The summed E-state index contributed by atoms with van der Waals surface area (Å²) in [6.07, 6.45) is 5.42. The Labute approximate surface area is 194 Å². The summed E-state index contributed by atoms with van der Waals surface area (Å²) in [6, 6.07) is 10.2. The summed E-state index contributed by atoms with van der Waals surface area (Å²) in [5, 5.41) is 8.64. The predicted molar refractivity (Wildman–Crippen MR) is 129 cm³/mol. The normalized spacial score (nSPS) is 15.0. The van der Waals surface area contributed by atoms with Crippen molar-refractivity contribution in [3.63, 3.8) is 0 Å². The Kier molecular flexibility index (Phi) is 4.92. The molecule has 5 aromatic rings. The van der Waals surface area contributed by atoms with Crippen molar-refractivity contribution in [2.45, 2.75) is 13.0 Å². The van der Waals surface area contributed by atoms with E-state index in [2.05, 4.69) is 50.5 Å². The predicted octanol–water partition coefficient (Wildman–Crippen LogP) is 4.80. The number of nitrogens with one attached hydrogen (secondary N) is 1. The lowest BCUT2D eigenvalue weighted by Crippen LogP contribution is -2.39. The van der Waals surface area contributed by atoms with Crippen LogP contribution in [0, 0.1) is 5.92 Å². The average Bonchev–Trinajstić information content (AvgIpc) is 3.41. The Balaban J connectivity index is 1.46. The zero-order valence-corrected chi connectivity index (χ0v) is 19.0. The molecule has 0 spiro atoms. The molecule has 1 atom stereocenters. The minimum atomic E-state index is 0.00713. The van der Waals surface area contributed by atoms with Gasteiger partial charge in [-0.25, -0.2) is 15.0 Å². The number of rotatable bonds is 6. The molecule has 1 N–H and O–H groups in total. The smallest absolute Gasteiger partial charge is 0.145 e. The first-order valence-electron chi connectivity index (χ1n) is 10.8. The Hall–Kier alpha value is -3.56. The third-order valence-corrected chi connectivity index (χ3v) is 6.77. The highest BCUT2D eigenvalue weighted by Gasteiger charge is 2.27. The summed E-state index contributed by atoms with van der Waals surface area (Å²) >= 11 is 1.61. The molecule has 33 heavy (non-hydrogen) atoms. The van der Waals surface area contributed by atoms with Gasteiger partial charge in [0, 0.05) is 30.4 Å². The van der Waals surface area contributed by atoms with Gasteiger partial charge in [-0.3, -0.25) is 4.68 Å². The number of nitrogens with zero attached hydrogens (tertiary/aromatic N) is 5. The highest BCUT2D eigenvalue weighted by Crippen LogP contribution is 2.38. The van der Waals surface area contributed by atoms with Gasteiger partial charge >= 0.3 is 0 Å². The lowest BCUT2D eigenvalue weighted by Gasteiger charge is -2.32. The first kappa shape index (κ1) is 20.1.